The number of aromatic nitrogens is 3. The zero-order valence-corrected chi connectivity index (χ0v) is 14.5. The van der Waals surface area contributed by atoms with E-state index in [0.717, 1.165) is 48.4 Å². The maximum atomic E-state index is 9.28. The minimum absolute atomic E-state index is 0.311. The van der Waals surface area contributed by atoms with Crippen LogP contribution in [-0.2, 0) is 0 Å². The molecule has 0 atom stereocenters. The van der Waals surface area contributed by atoms with Crippen molar-refractivity contribution >= 4 is 11.5 Å². The summed E-state index contributed by atoms with van der Waals surface area (Å²) in [6, 6.07) is 12.8. The first kappa shape index (κ1) is 16.1. The third-order valence-corrected chi connectivity index (χ3v) is 5.13. The van der Waals surface area contributed by atoms with Crippen LogP contribution in [0.15, 0.2) is 42.6 Å². The van der Waals surface area contributed by atoms with Crippen LogP contribution in [0.3, 0.4) is 0 Å². The topological polar surface area (TPSA) is 62.5 Å². The zero-order valence-electron chi connectivity index (χ0n) is 14.5. The van der Waals surface area contributed by atoms with E-state index in [4.69, 9.17) is 5.10 Å². The first-order valence-corrected chi connectivity index (χ1v) is 9.02. The Hall–Kier alpha value is -2.40. The monoisotopic (exact) mass is 336 g/mol. The Labute approximate surface area is 147 Å². The van der Waals surface area contributed by atoms with E-state index in [1.807, 2.05) is 22.8 Å². The second-order valence-electron chi connectivity index (χ2n) is 7.05. The van der Waals surface area contributed by atoms with E-state index < -0.39 is 0 Å². The van der Waals surface area contributed by atoms with E-state index in [0.29, 0.717) is 18.6 Å². The molecule has 0 saturated heterocycles. The smallest absolute Gasteiger partial charge is 0.154 e. The molecule has 0 aliphatic heterocycles. The van der Waals surface area contributed by atoms with Gasteiger partial charge in [0, 0.05) is 18.2 Å². The lowest BCUT2D eigenvalue weighted by molar-refractivity contribution is 0.185. The molecule has 0 spiro atoms. The van der Waals surface area contributed by atoms with Gasteiger partial charge in [-0.15, -0.1) is 5.10 Å². The first-order valence-electron chi connectivity index (χ1n) is 9.02. The molecule has 25 heavy (non-hydrogen) atoms. The third kappa shape index (κ3) is 3.37. The predicted molar refractivity (Wildman–Crippen MR) is 99.6 cm³/mol. The molecule has 2 aromatic heterocycles. The summed E-state index contributed by atoms with van der Waals surface area (Å²) in [5.41, 5.74) is 4.21. The number of nitrogens with zero attached hydrogens (tertiary/aromatic N) is 3. The third-order valence-electron chi connectivity index (χ3n) is 5.13. The lowest BCUT2D eigenvalue weighted by atomic mass is 9.86. The van der Waals surface area contributed by atoms with E-state index >= 15 is 0 Å². The fourth-order valence-corrected chi connectivity index (χ4v) is 3.65. The second kappa shape index (κ2) is 6.84. The molecule has 0 bridgehead atoms. The largest absolute Gasteiger partial charge is 0.396 e. The van der Waals surface area contributed by atoms with Gasteiger partial charge in [-0.2, -0.15) is 0 Å². The van der Waals surface area contributed by atoms with Crippen molar-refractivity contribution < 1.29 is 5.11 Å². The van der Waals surface area contributed by atoms with E-state index in [-0.39, 0.29) is 0 Å². The lowest BCUT2D eigenvalue weighted by Gasteiger charge is -2.28. The molecular weight excluding hydrogens is 312 g/mol. The van der Waals surface area contributed by atoms with Crippen molar-refractivity contribution in [3.63, 3.8) is 0 Å². The number of nitrogens with one attached hydrogen (secondary N) is 1. The number of fused-ring (bicyclic) bond motifs is 1. The van der Waals surface area contributed by atoms with Crippen molar-refractivity contribution in [1.82, 2.24) is 14.6 Å². The summed E-state index contributed by atoms with van der Waals surface area (Å²) >= 11 is 0. The molecule has 4 rings (SSSR count). The van der Waals surface area contributed by atoms with Crippen LogP contribution in [0.1, 0.15) is 31.2 Å². The van der Waals surface area contributed by atoms with Crippen LogP contribution in [0.25, 0.3) is 16.9 Å². The average molecular weight is 336 g/mol. The number of hydrogen-bond acceptors (Lipinski definition) is 4. The highest BCUT2D eigenvalue weighted by molar-refractivity contribution is 5.64. The molecule has 1 aliphatic rings. The van der Waals surface area contributed by atoms with Crippen LogP contribution >= 0.6 is 0 Å². The zero-order chi connectivity index (χ0) is 17.2. The van der Waals surface area contributed by atoms with Gasteiger partial charge in [-0.1, -0.05) is 23.8 Å². The molecule has 3 aromatic rings. The normalized spacial score (nSPS) is 20.7. The maximum Gasteiger partial charge on any atom is 0.154 e. The molecule has 2 heterocycles. The standard InChI is InChI=1S/C20H24N4O/c1-14-3-2-4-16(11-14)18-12-21-20-10-9-19(23-24(18)20)22-17-7-5-15(13-25)6-8-17/h2-4,9-12,15,17,25H,5-8,13H2,1H3,(H,22,23)/t15-,17-. The van der Waals surface area contributed by atoms with Crippen LogP contribution in [0, 0.1) is 12.8 Å². The van der Waals surface area contributed by atoms with Gasteiger partial charge in [0.05, 0.1) is 11.9 Å². The molecule has 0 amide bonds. The molecule has 0 unspecified atom stereocenters. The summed E-state index contributed by atoms with van der Waals surface area (Å²) in [6.07, 6.45) is 6.21. The Kier molecular flexibility index (Phi) is 4.40. The van der Waals surface area contributed by atoms with Crippen LogP contribution < -0.4 is 5.32 Å². The minimum Gasteiger partial charge on any atom is -0.396 e. The van der Waals surface area contributed by atoms with Crippen molar-refractivity contribution in [1.29, 1.82) is 0 Å². The van der Waals surface area contributed by atoms with Crippen molar-refractivity contribution in [2.75, 3.05) is 11.9 Å². The molecule has 1 aliphatic carbocycles. The maximum absolute atomic E-state index is 9.28. The van der Waals surface area contributed by atoms with E-state index in [9.17, 15) is 5.11 Å². The number of aryl methyl sites for hydroxylation is 1. The van der Waals surface area contributed by atoms with E-state index in [1.165, 1.54) is 5.56 Å². The van der Waals surface area contributed by atoms with Gasteiger partial charge in [0.25, 0.3) is 0 Å². The van der Waals surface area contributed by atoms with Gasteiger partial charge < -0.3 is 10.4 Å². The molecule has 5 heteroatoms. The second-order valence-corrected chi connectivity index (χ2v) is 7.05. The summed E-state index contributed by atoms with van der Waals surface area (Å²) in [5, 5.41) is 17.6. The summed E-state index contributed by atoms with van der Waals surface area (Å²) in [6.45, 7) is 2.40. The Morgan fingerprint density at radius 3 is 2.76 bits per heavy atom. The van der Waals surface area contributed by atoms with E-state index in [2.05, 4.69) is 41.5 Å². The van der Waals surface area contributed by atoms with Crippen molar-refractivity contribution in [3.05, 3.63) is 48.2 Å². The number of imidazole rings is 1. The molecular formula is C20H24N4O. The van der Waals surface area contributed by atoms with Crippen LogP contribution in [-0.4, -0.2) is 32.4 Å². The van der Waals surface area contributed by atoms with Crippen LogP contribution in [0.5, 0.6) is 0 Å². The van der Waals surface area contributed by atoms with Crippen molar-refractivity contribution in [3.8, 4) is 11.3 Å². The van der Waals surface area contributed by atoms with E-state index in [1.54, 1.807) is 0 Å². The number of hydrogen-bond donors (Lipinski definition) is 2. The highest BCUT2D eigenvalue weighted by Gasteiger charge is 2.21. The Balaban J connectivity index is 1.58. The van der Waals surface area contributed by atoms with Gasteiger partial charge in [0.2, 0.25) is 0 Å². The average Bonchev–Trinajstić information content (AvgIpc) is 3.06. The molecule has 1 fully saturated rings. The van der Waals surface area contributed by atoms with Gasteiger partial charge >= 0.3 is 0 Å². The molecule has 5 nitrogen and oxygen atoms in total. The molecule has 130 valence electrons. The minimum atomic E-state index is 0.311. The lowest BCUT2D eigenvalue weighted by Crippen LogP contribution is -2.27. The predicted octanol–water partition coefficient (Wildman–Crippen LogP) is 3.67. The summed E-state index contributed by atoms with van der Waals surface area (Å²) in [5.74, 6) is 1.35. The summed E-state index contributed by atoms with van der Waals surface area (Å²) < 4.78 is 1.91. The Morgan fingerprint density at radius 1 is 1.16 bits per heavy atom. The number of anilines is 1. The molecule has 0 radical (unpaired) electrons. The molecule has 1 saturated carbocycles. The molecule has 2 N–H and O–H groups in total. The van der Waals surface area contributed by atoms with Gasteiger partial charge in [0.15, 0.2) is 5.65 Å². The fraction of sp³-hybridized carbons (Fsp3) is 0.400. The van der Waals surface area contributed by atoms with Crippen LogP contribution in [0.2, 0.25) is 0 Å². The number of aliphatic hydroxyl groups excluding tert-OH is 1. The number of benzene rings is 1. The summed E-state index contributed by atoms with van der Waals surface area (Å²) in [4.78, 5) is 4.48. The van der Waals surface area contributed by atoms with Crippen molar-refractivity contribution in [2.45, 2.75) is 38.6 Å². The number of rotatable bonds is 4. The van der Waals surface area contributed by atoms with Gasteiger partial charge in [-0.05, 0) is 56.7 Å². The molecule has 1 aromatic carbocycles. The Morgan fingerprint density at radius 2 is 2.00 bits per heavy atom. The van der Waals surface area contributed by atoms with Gasteiger partial charge in [0.1, 0.15) is 5.82 Å². The highest BCUT2D eigenvalue weighted by atomic mass is 16.3. The van der Waals surface area contributed by atoms with Crippen molar-refractivity contribution in [2.24, 2.45) is 5.92 Å². The fourth-order valence-electron chi connectivity index (χ4n) is 3.65. The quantitative estimate of drug-likeness (QED) is 0.763. The Bertz CT molecular complexity index is 865. The first-order chi connectivity index (χ1) is 12.2. The van der Waals surface area contributed by atoms with Crippen LogP contribution in [0.4, 0.5) is 5.82 Å². The van der Waals surface area contributed by atoms with Gasteiger partial charge in [-0.25, -0.2) is 9.50 Å². The summed E-state index contributed by atoms with van der Waals surface area (Å²) in [7, 11) is 0. The van der Waals surface area contributed by atoms with Gasteiger partial charge in [-0.3, -0.25) is 0 Å². The number of aliphatic hydroxyl groups is 1. The SMILES string of the molecule is Cc1cccc(-c2cnc3ccc(N[C@H]4CC[C@H](CO)CC4)nn23)c1. The highest BCUT2D eigenvalue weighted by Crippen LogP contribution is 2.26.